The highest BCUT2D eigenvalue weighted by molar-refractivity contribution is 8.13. The van der Waals surface area contributed by atoms with Crippen LogP contribution >= 0.6 is 11.8 Å². The zero-order valence-electron chi connectivity index (χ0n) is 10.8. The minimum Gasteiger partial charge on any atom is -0.362 e. The van der Waals surface area contributed by atoms with E-state index >= 15 is 0 Å². The standard InChI is InChI=1S/C13H24N2S/c1-4-13(6-7-13)9-14-12-15-11(10(2)3)5-8-16-12/h10-11H,4-9H2,1-3H3,(H,14,15). The van der Waals surface area contributed by atoms with Gasteiger partial charge in [0.15, 0.2) is 5.17 Å². The molecule has 3 heteroatoms. The second-order valence-corrected chi connectivity index (χ2v) is 6.69. The second kappa shape index (κ2) is 4.99. The molecule has 0 aromatic carbocycles. The van der Waals surface area contributed by atoms with Crippen molar-refractivity contribution in [2.24, 2.45) is 16.3 Å². The maximum atomic E-state index is 4.79. The van der Waals surface area contributed by atoms with Gasteiger partial charge in [-0.3, -0.25) is 4.99 Å². The molecule has 1 aliphatic heterocycles. The first-order valence-electron chi connectivity index (χ1n) is 6.59. The molecule has 0 spiro atoms. The normalized spacial score (nSPS) is 30.5. The fourth-order valence-electron chi connectivity index (χ4n) is 2.19. The molecule has 2 fully saturated rings. The van der Waals surface area contributed by atoms with Crippen LogP contribution < -0.4 is 5.32 Å². The summed E-state index contributed by atoms with van der Waals surface area (Å²) in [5.74, 6) is 1.94. The van der Waals surface area contributed by atoms with Crippen molar-refractivity contribution in [3.8, 4) is 0 Å². The summed E-state index contributed by atoms with van der Waals surface area (Å²) in [5, 5.41) is 4.79. The number of nitrogens with one attached hydrogen (secondary N) is 1. The monoisotopic (exact) mass is 240 g/mol. The summed E-state index contributed by atoms with van der Waals surface area (Å²) in [6.45, 7) is 7.93. The lowest BCUT2D eigenvalue weighted by molar-refractivity contribution is 0.440. The number of aliphatic imine (C=N–C) groups is 1. The third-order valence-corrected chi connectivity index (χ3v) is 5.01. The SMILES string of the molecule is CCC1(CN=C2NC(C(C)C)CCS2)CC1. The number of hydrogen-bond acceptors (Lipinski definition) is 2. The van der Waals surface area contributed by atoms with E-state index in [1.807, 2.05) is 11.8 Å². The van der Waals surface area contributed by atoms with Crippen molar-refractivity contribution in [2.75, 3.05) is 12.3 Å². The lowest BCUT2D eigenvalue weighted by Gasteiger charge is -2.28. The fraction of sp³-hybridized carbons (Fsp3) is 0.923. The van der Waals surface area contributed by atoms with Gasteiger partial charge in [-0.15, -0.1) is 0 Å². The van der Waals surface area contributed by atoms with Crippen molar-refractivity contribution < 1.29 is 0 Å². The molecule has 0 radical (unpaired) electrons. The zero-order valence-corrected chi connectivity index (χ0v) is 11.6. The molecule has 16 heavy (non-hydrogen) atoms. The summed E-state index contributed by atoms with van der Waals surface area (Å²) < 4.78 is 0. The van der Waals surface area contributed by atoms with E-state index in [9.17, 15) is 0 Å². The van der Waals surface area contributed by atoms with Gasteiger partial charge in [-0.05, 0) is 37.0 Å². The smallest absolute Gasteiger partial charge is 0.156 e. The molecule has 1 atom stereocenters. The van der Waals surface area contributed by atoms with Crippen LogP contribution in [0.15, 0.2) is 4.99 Å². The van der Waals surface area contributed by atoms with Gasteiger partial charge >= 0.3 is 0 Å². The summed E-state index contributed by atoms with van der Waals surface area (Å²) in [7, 11) is 0. The van der Waals surface area contributed by atoms with Gasteiger partial charge in [0, 0.05) is 18.3 Å². The lowest BCUT2D eigenvalue weighted by atomic mass is 10.0. The molecule has 0 bridgehead atoms. The first-order valence-corrected chi connectivity index (χ1v) is 7.57. The Bertz CT molecular complexity index is 269. The summed E-state index contributed by atoms with van der Waals surface area (Å²) in [6.07, 6.45) is 5.35. The van der Waals surface area contributed by atoms with Crippen molar-refractivity contribution in [3.05, 3.63) is 0 Å². The van der Waals surface area contributed by atoms with Crippen molar-refractivity contribution in [1.82, 2.24) is 5.32 Å². The molecule has 92 valence electrons. The molecule has 2 rings (SSSR count). The Kier molecular flexibility index (Phi) is 3.83. The van der Waals surface area contributed by atoms with Crippen LogP contribution in [-0.2, 0) is 0 Å². The lowest BCUT2D eigenvalue weighted by Crippen LogP contribution is -2.41. The molecule has 2 nitrogen and oxygen atoms in total. The molecule has 1 saturated heterocycles. The van der Waals surface area contributed by atoms with Gasteiger partial charge in [0.2, 0.25) is 0 Å². The number of nitrogens with zero attached hydrogens (tertiary/aromatic N) is 1. The molecule has 0 aromatic rings. The second-order valence-electron chi connectivity index (χ2n) is 5.61. The van der Waals surface area contributed by atoms with Crippen LogP contribution in [0.1, 0.15) is 46.5 Å². The largest absolute Gasteiger partial charge is 0.362 e. The summed E-state index contributed by atoms with van der Waals surface area (Å²) in [4.78, 5) is 4.79. The van der Waals surface area contributed by atoms with Gasteiger partial charge < -0.3 is 5.32 Å². The van der Waals surface area contributed by atoms with Crippen molar-refractivity contribution in [2.45, 2.75) is 52.5 Å². The molecule has 1 saturated carbocycles. The molecule has 0 amide bonds. The van der Waals surface area contributed by atoms with Crippen LogP contribution in [0.5, 0.6) is 0 Å². The van der Waals surface area contributed by atoms with E-state index in [-0.39, 0.29) is 0 Å². The molecule has 2 aliphatic rings. The Balaban J connectivity index is 1.86. The van der Waals surface area contributed by atoms with E-state index in [1.165, 1.54) is 36.6 Å². The highest BCUT2D eigenvalue weighted by Gasteiger charge is 2.40. The van der Waals surface area contributed by atoms with Gasteiger partial charge in [0.25, 0.3) is 0 Å². The molecular weight excluding hydrogens is 216 g/mol. The van der Waals surface area contributed by atoms with Gasteiger partial charge in [0.1, 0.15) is 0 Å². The fourth-order valence-corrected chi connectivity index (χ4v) is 3.14. The van der Waals surface area contributed by atoms with Crippen LogP contribution in [-0.4, -0.2) is 23.5 Å². The van der Waals surface area contributed by atoms with E-state index in [1.54, 1.807) is 0 Å². The number of rotatable bonds is 4. The maximum Gasteiger partial charge on any atom is 0.156 e. The molecule has 1 aliphatic carbocycles. The molecule has 1 N–H and O–H groups in total. The molecule has 0 aromatic heterocycles. The average Bonchev–Trinajstić information content (AvgIpc) is 3.07. The predicted molar refractivity (Wildman–Crippen MR) is 73.1 cm³/mol. The van der Waals surface area contributed by atoms with Crippen LogP contribution in [0.3, 0.4) is 0 Å². The Labute approximate surface area is 104 Å². The average molecular weight is 240 g/mol. The van der Waals surface area contributed by atoms with Crippen molar-refractivity contribution in [3.63, 3.8) is 0 Å². The quantitative estimate of drug-likeness (QED) is 0.815. The third-order valence-electron chi connectivity index (χ3n) is 4.05. The van der Waals surface area contributed by atoms with E-state index in [0.717, 1.165) is 6.54 Å². The first-order chi connectivity index (χ1) is 7.65. The maximum absolute atomic E-state index is 4.79. The molecular formula is C13H24N2S. The van der Waals surface area contributed by atoms with Gasteiger partial charge in [0.05, 0.1) is 0 Å². The van der Waals surface area contributed by atoms with Crippen molar-refractivity contribution >= 4 is 16.9 Å². The third kappa shape index (κ3) is 2.93. The van der Waals surface area contributed by atoms with E-state index < -0.39 is 0 Å². The van der Waals surface area contributed by atoms with Crippen LogP contribution in [0.4, 0.5) is 0 Å². The first kappa shape index (κ1) is 12.3. The minimum absolute atomic E-state index is 0.583. The van der Waals surface area contributed by atoms with Gasteiger partial charge in [-0.25, -0.2) is 0 Å². The Morgan fingerprint density at radius 1 is 1.50 bits per heavy atom. The Morgan fingerprint density at radius 3 is 2.81 bits per heavy atom. The van der Waals surface area contributed by atoms with Gasteiger partial charge in [-0.2, -0.15) is 0 Å². The minimum atomic E-state index is 0.583. The van der Waals surface area contributed by atoms with Crippen LogP contribution in [0.25, 0.3) is 0 Å². The van der Waals surface area contributed by atoms with Crippen LogP contribution in [0, 0.1) is 11.3 Å². The summed E-state index contributed by atoms with van der Waals surface area (Å²) in [5.41, 5.74) is 0.583. The van der Waals surface area contributed by atoms with E-state index in [0.29, 0.717) is 17.4 Å². The Hall–Kier alpha value is -0.180. The van der Waals surface area contributed by atoms with Gasteiger partial charge in [-0.1, -0.05) is 32.5 Å². The van der Waals surface area contributed by atoms with Crippen molar-refractivity contribution in [1.29, 1.82) is 0 Å². The number of hydrogen-bond donors (Lipinski definition) is 1. The number of amidine groups is 1. The number of thioether (sulfide) groups is 1. The predicted octanol–water partition coefficient (Wildman–Crippen LogP) is 3.28. The summed E-state index contributed by atoms with van der Waals surface area (Å²) in [6, 6.07) is 0.636. The van der Waals surface area contributed by atoms with Crippen LogP contribution in [0.2, 0.25) is 0 Å². The topological polar surface area (TPSA) is 24.4 Å². The van der Waals surface area contributed by atoms with E-state index in [4.69, 9.17) is 4.99 Å². The highest BCUT2D eigenvalue weighted by Crippen LogP contribution is 2.48. The molecule has 1 heterocycles. The summed E-state index contributed by atoms with van der Waals surface area (Å²) >= 11 is 1.90. The highest BCUT2D eigenvalue weighted by atomic mass is 32.2. The Morgan fingerprint density at radius 2 is 2.25 bits per heavy atom. The van der Waals surface area contributed by atoms with E-state index in [2.05, 4.69) is 26.1 Å². The zero-order chi connectivity index (χ0) is 11.6. The molecule has 1 unspecified atom stereocenters.